The number of rotatable bonds is 7. The molecule has 0 saturated heterocycles. The summed E-state index contributed by atoms with van der Waals surface area (Å²) in [6.45, 7) is 6.52. The lowest BCUT2D eigenvalue weighted by Gasteiger charge is -2.10. The van der Waals surface area contributed by atoms with E-state index in [1.165, 1.54) is 5.56 Å². The number of esters is 2. The third kappa shape index (κ3) is 5.57. The Hall–Kier alpha value is -3.40. The van der Waals surface area contributed by atoms with E-state index < -0.39 is 5.97 Å². The van der Waals surface area contributed by atoms with Gasteiger partial charge in [0.15, 0.2) is 0 Å². The fourth-order valence-electron chi connectivity index (χ4n) is 2.79. The van der Waals surface area contributed by atoms with Crippen LogP contribution in [0, 0.1) is 12.8 Å². The average Bonchev–Trinajstić information content (AvgIpc) is 2.78. The van der Waals surface area contributed by atoms with Gasteiger partial charge >= 0.3 is 11.9 Å². The van der Waals surface area contributed by atoms with E-state index in [4.69, 9.17) is 9.47 Å². The third-order valence-electron chi connectivity index (χ3n) is 5.00. The lowest BCUT2D eigenvalue weighted by Crippen LogP contribution is -2.12. The minimum atomic E-state index is -0.447. The molecule has 0 aliphatic carbocycles. The average molecular weight is 402 g/mol. The number of hydrogen-bond acceptors (Lipinski definition) is 4. The maximum Gasteiger partial charge on any atom is 0.343 e. The molecule has 0 aliphatic heterocycles. The van der Waals surface area contributed by atoms with Gasteiger partial charge in [0, 0.05) is 0 Å². The fourth-order valence-corrected chi connectivity index (χ4v) is 2.79. The summed E-state index contributed by atoms with van der Waals surface area (Å²) in [5, 5.41) is 0. The lowest BCUT2D eigenvalue weighted by atomic mass is 10.0. The number of ether oxygens (including phenoxy) is 2. The van der Waals surface area contributed by atoms with E-state index in [9.17, 15) is 9.59 Å². The van der Waals surface area contributed by atoms with Crippen LogP contribution in [0.1, 0.15) is 46.5 Å². The molecule has 0 fully saturated rings. The van der Waals surface area contributed by atoms with Gasteiger partial charge in [-0.25, -0.2) is 9.59 Å². The highest BCUT2D eigenvalue weighted by Crippen LogP contribution is 2.21. The van der Waals surface area contributed by atoms with Gasteiger partial charge in [-0.15, -0.1) is 0 Å². The van der Waals surface area contributed by atoms with Gasteiger partial charge < -0.3 is 9.47 Å². The van der Waals surface area contributed by atoms with Crippen molar-refractivity contribution in [1.82, 2.24) is 0 Å². The van der Waals surface area contributed by atoms with Crippen LogP contribution in [0.25, 0.3) is 11.1 Å². The van der Waals surface area contributed by atoms with E-state index in [1.54, 1.807) is 36.4 Å². The molecule has 4 nitrogen and oxygen atoms in total. The summed E-state index contributed by atoms with van der Waals surface area (Å²) in [5.41, 5.74) is 4.22. The summed E-state index contributed by atoms with van der Waals surface area (Å²) >= 11 is 0. The van der Waals surface area contributed by atoms with Crippen LogP contribution in [0.2, 0.25) is 0 Å². The molecule has 0 spiro atoms. The van der Waals surface area contributed by atoms with Crippen LogP contribution < -0.4 is 4.74 Å². The highest BCUT2D eigenvalue weighted by molar-refractivity contribution is 5.92. The molecule has 3 aromatic rings. The van der Waals surface area contributed by atoms with Crippen molar-refractivity contribution in [1.29, 1.82) is 0 Å². The van der Waals surface area contributed by atoms with Crippen molar-refractivity contribution in [3.8, 4) is 16.9 Å². The van der Waals surface area contributed by atoms with Gasteiger partial charge in [-0.05, 0) is 60.4 Å². The molecule has 3 aromatic carbocycles. The molecule has 0 amide bonds. The molecule has 1 unspecified atom stereocenters. The summed E-state index contributed by atoms with van der Waals surface area (Å²) in [7, 11) is 0. The first kappa shape index (κ1) is 21.3. The van der Waals surface area contributed by atoms with Crippen molar-refractivity contribution < 1.29 is 19.1 Å². The standard InChI is InChI=1S/C26H26O4/c1-4-18(2)17-29-25(27)22-13-15-24(16-14-22)30-26(28)23-11-9-21(10-12-23)20-7-5-19(3)6-8-20/h5-16,18H,4,17H2,1-3H3. The summed E-state index contributed by atoms with van der Waals surface area (Å²) < 4.78 is 10.7. The molecule has 0 radical (unpaired) electrons. The molecule has 0 heterocycles. The summed E-state index contributed by atoms with van der Waals surface area (Å²) in [5.74, 6) is -0.120. The van der Waals surface area contributed by atoms with E-state index in [0.717, 1.165) is 17.5 Å². The Labute approximate surface area is 177 Å². The van der Waals surface area contributed by atoms with Gasteiger partial charge in [-0.2, -0.15) is 0 Å². The highest BCUT2D eigenvalue weighted by Gasteiger charge is 2.12. The molecule has 154 valence electrons. The van der Waals surface area contributed by atoms with Crippen LogP contribution in [-0.4, -0.2) is 18.5 Å². The van der Waals surface area contributed by atoms with Crippen LogP contribution in [0.5, 0.6) is 5.75 Å². The molecular weight excluding hydrogens is 376 g/mol. The Kier molecular flexibility index (Phi) is 7.02. The van der Waals surface area contributed by atoms with Crippen molar-refractivity contribution in [3.63, 3.8) is 0 Å². The minimum absolute atomic E-state index is 0.326. The van der Waals surface area contributed by atoms with Crippen molar-refractivity contribution in [2.24, 2.45) is 5.92 Å². The maximum absolute atomic E-state index is 12.4. The van der Waals surface area contributed by atoms with E-state index in [1.807, 2.05) is 26.0 Å². The van der Waals surface area contributed by atoms with Gasteiger partial charge in [0.1, 0.15) is 5.75 Å². The van der Waals surface area contributed by atoms with E-state index in [-0.39, 0.29) is 5.97 Å². The second-order valence-corrected chi connectivity index (χ2v) is 7.47. The van der Waals surface area contributed by atoms with Crippen LogP contribution in [0.4, 0.5) is 0 Å². The molecule has 4 heteroatoms. The Bertz CT molecular complexity index is 987. The Morgan fingerprint density at radius 2 is 1.27 bits per heavy atom. The first-order valence-electron chi connectivity index (χ1n) is 10.1. The first-order chi connectivity index (χ1) is 14.5. The SMILES string of the molecule is CCC(C)COC(=O)c1ccc(OC(=O)c2ccc(-c3ccc(C)cc3)cc2)cc1. The minimum Gasteiger partial charge on any atom is -0.462 e. The topological polar surface area (TPSA) is 52.6 Å². The predicted molar refractivity (Wildman–Crippen MR) is 118 cm³/mol. The lowest BCUT2D eigenvalue weighted by molar-refractivity contribution is 0.0447. The van der Waals surface area contributed by atoms with Crippen LogP contribution in [-0.2, 0) is 4.74 Å². The van der Waals surface area contributed by atoms with E-state index in [0.29, 0.717) is 29.4 Å². The molecule has 3 rings (SSSR count). The molecular formula is C26H26O4. The zero-order valence-corrected chi connectivity index (χ0v) is 17.6. The Morgan fingerprint density at radius 3 is 1.83 bits per heavy atom. The van der Waals surface area contributed by atoms with Crippen molar-refractivity contribution in [3.05, 3.63) is 89.5 Å². The molecule has 0 aliphatic rings. The Balaban J connectivity index is 1.60. The van der Waals surface area contributed by atoms with Crippen molar-refractivity contribution in [2.75, 3.05) is 6.61 Å². The van der Waals surface area contributed by atoms with Crippen molar-refractivity contribution >= 4 is 11.9 Å². The second kappa shape index (κ2) is 9.88. The van der Waals surface area contributed by atoms with Gasteiger partial charge in [0.05, 0.1) is 17.7 Å². The second-order valence-electron chi connectivity index (χ2n) is 7.47. The molecule has 1 atom stereocenters. The van der Waals surface area contributed by atoms with Gasteiger partial charge in [0.25, 0.3) is 0 Å². The molecule has 0 N–H and O–H groups in total. The monoisotopic (exact) mass is 402 g/mol. The van der Waals surface area contributed by atoms with Gasteiger partial charge in [-0.1, -0.05) is 62.2 Å². The fraction of sp³-hybridized carbons (Fsp3) is 0.231. The predicted octanol–water partition coefficient (Wildman–Crippen LogP) is 6.08. The quantitative estimate of drug-likeness (QED) is 0.355. The number of benzene rings is 3. The van der Waals surface area contributed by atoms with Gasteiger partial charge in [-0.3, -0.25) is 0 Å². The number of hydrogen-bond donors (Lipinski definition) is 0. The number of carbonyl (C=O) groups excluding carboxylic acids is 2. The zero-order chi connectivity index (χ0) is 21.5. The first-order valence-corrected chi connectivity index (χ1v) is 10.1. The largest absolute Gasteiger partial charge is 0.462 e. The van der Waals surface area contributed by atoms with E-state index in [2.05, 4.69) is 31.2 Å². The van der Waals surface area contributed by atoms with Crippen molar-refractivity contribution in [2.45, 2.75) is 27.2 Å². The zero-order valence-electron chi connectivity index (χ0n) is 17.6. The normalized spacial score (nSPS) is 11.6. The molecule has 30 heavy (non-hydrogen) atoms. The maximum atomic E-state index is 12.4. The summed E-state index contributed by atoms with van der Waals surface area (Å²) in [6.07, 6.45) is 0.953. The highest BCUT2D eigenvalue weighted by atomic mass is 16.5. The molecule has 0 saturated carbocycles. The Morgan fingerprint density at radius 1 is 0.767 bits per heavy atom. The van der Waals surface area contributed by atoms with Crippen LogP contribution in [0.15, 0.2) is 72.8 Å². The smallest absolute Gasteiger partial charge is 0.343 e. The number of carbonyl (C=O) groups is 2. The third-order valence-corrected chi connectivity index (χ3v) is 5.00. The van der Waals surface area contributed by atoms with E-state index >= 15 is 0 Å². The van der Waals surface area contributed by atoms with Crippen LogP contribution in [0.3, 0.4) is 0 Å². The van der Waals surface area contributed by atoms with Gasteiger partial charge in [0.2, 0.25) is 0 Å². The summed E-state index contributed by atoms with van der Waals surface area (Å²) in [4.78, 5) is 24.5. The molecule has 0 bridgehead atoms. The van der Waals surface area contributed by atoms with Crippen LogP contribution >= 0.6 is 0 Å². The summed E-state index contributed by atoms with van der Waals surface area (Å²) in [6, 6.07) is 21.9. The number of aryl methyl sites for hydroxylation is 1. The molecule has 0 aromatic heterocycles.